The van der Waals surface area contributed by atoms with Crippen LogP contribution in [0.2, 0.25) is 10.0 Å². The van der Waals surface area contributed by atoms with Crippen molar-refractivity contribution in [3.05, 3.63) is 27.7 Å². The first-order valence-electron chi connectivity index (χ1n) is 7.03. The molecule has 6 heteroatoms. The molecule has 1 aromatic carbocycles. The highest BCUT2D eigenvalue weighted by atomic mass is 35.5. The average Bonchev–Trinajstić information content (AvgIpc) is 2.47. The first kappa shape index (κ1) is 16.9. The van der Waals surface area contributed by atoms with E-state index in [9.17, 15) is 4.79 Å². The summed E-state index contributed by atoms with van der Waals surface area (Å²) in [6.45, 7) is 2.52. The van der Waals surface area contributed by atoms with Gasteiger partial charge >= 0.3 is 0 Å². The summed E-state index contributed by atoms with van der Waals surface area (Å²) in [5.74, 6) is 0.520. The molecule has 1 amide bonds. The molecule has 3 nitrogen and oxygen atoms in total. The van der Waals surface area contributed by atoms with E-state index in [1.807, 2.05) is 18.2 Å². The van der Waals surface area contributed by atoms with E-state index in [1.165, 1.54) is 11.8 Å². The lowest BCUT2D eigenvalue weighted by atomic mass is 9.97. The lowest BCUT2D eigenvalue weighted by Gasteiger charge is -2.33. The molecule has 1 atom stereocenters. The van der Waals surface area contributed by atoms with E-state index in [2.05, 4.69) is 5.32 Å². The van der Waals surface area contributed by atoms with Crippen molar-refractivity contribution in [2.45, 2.75) is 17.7 Å². The van der Waals surface area contributed by atoms with Gasteiger partial charge in [0.15, 0.2) is 0 Å². The van der Waals surface area contributed by atoms with Gasteiger partial charge in [-0.3, -0.25) is 4.79 Å². The minimum Gasteiger partial charge on any atom is -0.338 e. The van der Waals surface area contributed by atoms with Crippen LogP contribution in [0.1, 0.15) is 23.2 Å². The summed E-state index contributed by atoms with van der Waals surface area (Å²) in [4.78, 5) is 15.5. The number of rotatable bonds is 4. The first-order chi connectivity index (χ1) is 10.1. The Hall–Kier alpha value is -0.420. The van der Waals surface area contributed by atoms with Gasteiger partial charge in [0, 0.05) is 18.0 Å². The molecule has 1 N–H and O–H groups in total. The van der Waals surface area contributed by atoms with Gasteiger partial charge in [0.25, 0.3) is 5.91 Å². The van der Waals surface area contributed by atoms with Gasteiger partial charge < -0.3 is 10.2 Å². The monoisotopic (exact) mass is 346 g/mol. The van der Waals surface area contributed by atoms with E-state index >= 15 is 0 Å². The summed E-state index contributed by atoms with van der Waals surface area (Å²) in [5.41, 5.74) is 0.551. The van der Waals surface area contributed by atoms with Crippen LogP contribution < -0.4 is 5.32 Å². The second-order valence-corrected chi connectivity index (χ2v) is 6.95. The van der Waals surface area contributed by atoms with Gasteiger partial charge in [0.2, 0.25) is 0 Å². The normalized spacial score (nSPS) is 18.9. The number of carbonyl (C=O) groups excluding carboxylic acids is 1. The van der Waals surface area contributed by atoms with Crippen LogP contribution in [0.15, 0.2) is 17.0 Å². The Morgan fingerprint density at radius 2 is 2.19 bits per heavy atom. The minimum atomic E-state index is 0.00719. The van der Waals surface area contributed by atoms with E-state index in [4.69, 9.17) is 23.2 Å². The number of piperidine rings is 1. The number of amides is 1. The summed E-state index contributed by atoms with van der Waals surface area (Å²) in [5, 5.41) is 4.21. The number of hydrogen-bond donors (Lipinski definition) is 1. The Balaban J connectivity index is 2.19. The molecule has 1 saturated heterocycles. The zero-order chi connectivity index (χ0) is 15.4. The van der Waals surface area contributed by atoms with Crippen LogP contribution >= 0.6 is 35.0 Å². The van der Waals surface area contributed by atoms with Crippen LogP contribution in [-0.2, 0) is 0 Å². The third-order valence-electron chi connectivity index (χ3n) is 3.77. The molecule has 0 saturated carbocycles. The molecule has 1 heterocycles. The highest BCUT2D eigenvalue weighted by molar-refractivity contribution is 7.98. The molecule has 116 valence electrons. The Labute approximate surface area is 140 Å². The number of carbonyl (C=O) groups is 1. The maximum absolute atomic E-state index is 12.7. The highest BCUT2D eigenvalue weighted by Crippen LogP contribution is 2.32. The van der Waals surface area contributed by atoms with Crippen LogP contribution in [-0.4, -0.2) is 43.7 Å². The number of nitrogens with one attached hydrogen (secondary N) is 1. The Morgan fingerprint density at radius 3 is 2.86 bits per heavy atom. The van der Waals surface area contributed by atoms with Gasteiger partial charge in [-0.25, -0.2) is 0 Å². The molecule has 2 rings (SSSR count). The quantitative estimate of drug-likeness (QED) is 0.841. The molecular weight excluding hydrogens is 327 g/mol. The van der Waals surface area contributed by atoms with Crippen molar-refractivity contribution in [1.82, 2.24) is 10.2 Å². The number of likely N-dealkylation sites (tertiary alicyclic amines) is 1. The third-order valence-corrected chi connectivity index (χ3v) is 5.29. The number of hydrogen-bond acceptors (Lipinski definition) is 3. The van der Waals surface area contributed by atoms with Crippen LogP contribution in [0.4, 0.5) is 0 Å². The fourth-order valence-corrected chi connectivity index (χ4v) is 3.91. The average molecular weight is 347 g/mol. The highest BCUT2D eigenvalue weighted by Gasteiger charge is 2.26. The Morgan fingerprint density at radius 1 is 1.43 bits per heavy atom. The van der Waals surface area contributed by atoms with Crippen molar-refractivity contribution in [3.63, 3.8) is 0 Å². The smallest absolute Gasteiger partial charge is 0.255 e. The van der Waals surface area contributed by atoms with Crippen LogP contribution in [0.3, 0.4) is 0 Å². The largest absolute Gasteiger partial charge is 0.338 e. The summed E-state index contributed by atoms with van der Waals surface area (Å²) in [6.07, 6.45) is 4.14. The summed E-state index contributed by atoms with van der Waals surface area (Å²) < 4.78 is 0. The fourth-order valence-electron chi connectivity index (χ4n) is 2.72. The van der Waals surface area contributed by atoms with Crippen molar-refractivity contribution in [3.8, 4) is 0 Å². The standard InChI is InChI=1S/C15H20Cl2N2OS/c1-18-8-10-4-3-5-19(9-10)15(20)11-6-14(21-2)13(17)7-12(11)16/h6-7,10,18H,3-5,8-9H2,1-2H3. The molecule has 0 aromatic heterocycles. The molecule has 21 heavy (non-hydrogen) atoms. The van der Waals surface area contributed by atoms with Crippen LogP contribution in [0, 0.1) is 5.92 Å². The van der Waals surface area contributed by atoms with E-state index in [0.717, 1.165) is 37.4 Å². The van der Waals surface area contributed by atoms with Crippen molar-refractivity contribution in [2.75, 3.05) is 32.9 Å². The summed E-state index contributed by atoms with van der Waals surface area (Å²) in [6, 6.07) is 3.47. The molecule has 0 spiro atoms. The van der Waals surface area contributed by atoms with E-state index in [-0.39, 0.29) is 5.91 Å². The molecule has 1 unspecified atom stereocenters. The third kappa shape index (κ3) is 4.07. The van der Waals surface area contributed by atoms with Gasteiger partial charge in [0.05, 0.1) is 15.6 Å². The second-order valence-electron chi connectivity index (χ2n) is 5.28. The topological polar surface area (TPSA) is 32.3 Å². The van der Waals surface area contributed by atoms with Gasteiger partial charge in [-0.15, -0.1) is 11.8 Å². The Kier molecular flexibility index (Phi) is 6.23. The summed E-state index contributed by atoms with van der Waals surface area (Å²) in [7, 11) is 1.95. The first-order valence-corrected chi connectivity index (χ1v) is 9.01. The predicted octanol–water partition coefficient (Wildman–Crippen LogP) is 3.79. The van der Waals surface area contributed by atoms with E-state index in [0.29, 0.717) is 21.5 Å². The van der Waals surface area contributed by atoms with E-state index in [1.54, 1.807) is 12.1 Å². The lowest BCUT2D eigenvalue weighted by Crippen LogP contribution is -2.42. The maximum Gasteiger partial charge on any atom is 0.255 e. The zero-order valence-corrected chi connectivity index (χ0v) is 14.6. The van der Waals surface area contributed by atoms with Crippen LogP contribution in [0.25, 0.3) is 0 Å². The lowest BCUT2D eigenvalue weighted by molar-refractivity contribution is 0.0674. The molecule has 1 aromatic rings. The predicted molar refractivity (Wildman–Crippen MR) is 90.8 cm³/mol. The molecular formula is C15H20Cl2N2OS. The van der Waals surface area contributed by atoms with Crippen molar-refractivity contribution < 1.29 is 4.79 Å². The van der Waals surface area contributed by atoms with Gasteiger partial charge in [-0.2, -0.15) is 0 Å². The number of benzene rings is 1. The summed E-state index contributed by atoms with van der Waals surface area (Å²) >= 11 is 13.9. The SMILES string of the molecule is CNCC1CCCN(C(=O)c2cc(SC)c(Cl)cc2Cl)C1. The number of halogens is 2. The molecule has 1 aliphatic heterocycles. The maximum atomic E-state index is 12.7. The van der Waals surface area contributed by atoms with Crippen molar-refractivity contribution in [2.24, 2.45) is 5.92 Å². The van der Waals surface area contributed by atoms with Crippen molar-refractivity contribution >= 4 is 40.9 Å². The van der Waals surface area contributed by atoms with E-state index < -0.39 is 0 Å². The number of thioether (sulfide) groups is 1. The molecule has 1 aliphatic rings. The molecule has 0 aliphatic carbocycles. The number of nitrogens with zero attached hydrogens (tertiary/aromatic N) is 1. The van der Waals surface area contributed by atoms with Crippen LogP contribution in [0.5, 0.6) is 0 Å². The van der Waals surface area contributed by atoms with Gasteiger partial charge in [-0.1, -0.05) is 23.2 Å². The van der Waals surface area contributed by atoms with Gasteiger partial charge in [-0.05, 0) is 50.7 Å². The van der Waals surface area contributed by atoms with Gasteiger partial charge in [0.1, 0.15) is 0 Å². The molecule has 1 fully saturated rings. The van der Waals surface area contributed by atoms with Crippen molar-refractivity contribution in [1.29, 1.82) is 0 Å². The second kappa shape index (κ2) is 7.73. The molecule has 0 radical (unpaired) electrons. The fraction of sp³-hybridized carbons (Fsp3) is 0.533. The Bertz CT molecular complexity index is 523. The zero-order valence-electron chi connectivity index (χ0n) is 12.3. The molecule has 0 bridgehead atoms. The minimum absolute atomic E-state index is 0.00719.